The van der Waals surface area contributed by atoms with Crippen molar-refractivity contribution >= 4 is 17.7 Å². The normalized spacial score (nSPS) is 11.2. The molecule has 0 bridgehead atoms. The van der Waals surface area contributed by atoms with Gasteiger partial charge in [0.2, 0.25) is 0 Å². The van der Waals surface area contributed by atoms with Crippen LogP contribution in [0.3, 0.4) is 0 Å². The molecule has 3 aromatic heterocycles. The summed E-state index contributed by atoms with van der Waals surface area (Å²) in [4.78, 5) is 0. The topological polar surface area (TPSA) is 60.1 Å². The summed E-state index contributed by atoms with van der Waals surface area (Å²) in [5.41, 5.74) is 1.94. The van der Waals surface area contributed by atoms with Gasteiger partial charge in [-0.2, -0.15) is 10.2 Å². The van der Waals surface area contributed by atoms with Crippen molar-refractivity contribution < 1.29 is 4.74 Å². The highest BCUT2D eigenvalue weighted by molar-refractivity contribution is 7.71. The van der Waals surface area contributed by atoms with Gasteiger partial charge in [0.05, 0.1) is 30.4 Å². The van der Waals surface area contributed by atoms with Crippen LogP contribution >= 0.6 is 12.2 Å². The average Bonchev–Trinajstić information content (AvgIpc) is 3.00. The van der Waals surface area contributed by atoms with Crippen molar-refractivity contribution in [2.24, 2.45) is 0 Å². The van der Waals surface area contributed by atoms with E-state index in [9.17, 15) is 0 Å². The maximum Gasteiger partial charge on any atom is 0.195 e. The Balaban J connectivity index is 2.14. The molecule has 0 radical (unpaired) electrons. The molecule has 3 aromatic rings. The van der Waals surface area contributed by atoms with Gasteiger partial charge in [0.1, 0.15) is 0 Å². The van der Waals surface area contributed by atoms with Crippen LogP contribution in [0, 0.1) is 4.77 Å². The van der Waals surface area contributed by atoms with Crippen LogP contribution in [0.2, 0.25) is 0 Å². The van der Waals surface area contributed by atoms with Gasteiger partial charge in [0, 0.05) is 13.3 Å². The van der Waals surface area contributed by atoms with E-state index in [4.69, 9.17) is 17.0 Å². The Labute approximate surface area is 114 Å². The van der Waals surface area contributed by atoms with Crippen molar-refractivity contribution in [2.75, 3.05) is 13.7 Å². The molecule has 19 heavy (non-hydrogen) atoms. The maximum absolute atomic E-state index is 5.25. The summed E-state index contributed by atoms with van der Waals surface area (Å²) in [5.74, 6) is 0.781. The third-order valence-electron chi connectivity index (χ3n) is 2.94. The predicted octanol–water partition coefficient (Wildman–Crippen LogP) is 1.90. The van der Waals surface area contributed by atoms with E-state index in [1.807, 2.05) is 33.5 Å². The van der Waals surface area contributed by atoms with Gasteiger partial charge >= 0.3 is 0 Å². The molecule has 98 valence electrons. The van der Waals surface area contributed by atoms with E-state index in [0.717, 1.165) is 16.9 Å². The molecule has 0 unspecified atom stereocenters. The molecule has 0 fully saturated rings. The maximum atomic E-state index is 5.25. The zero-order valence-corrected chi connectivity index (χ0v) is 11.2. The highest BCUT2D eigenvalue weighted by Crippen LogP contribution is 2.22. The van der Waals surface area contributed by atoms with Gasteiger partial charge in [-0.1, -0.05) is 6.07 Å². The number of aromatic amines is 1. The van der Waals surface area contributed by atoms with E-state index in [1.165, 1.54) is 0 Å². The van der Waals surface area contributed by atoms with Gasteiger partial charge in [-0.05, 0) is 24.4 Å². The van der Waals surface area contributed by atoms with Gasteiger partial charge in [-0.25, -0.2) is 4.52 Å². The quantitative estimate of drug-likeness (QED) is 0.739. The molecule has 0 saturated heterocycles. The molecule has 0 aliphatic heterocycles. The summed E-state index contributed by atoms with van der Waals surface area (Å²) >= 11 is 5.25. The molecule has 0 atom stereocenters. The predicted molar refractivity (Wildman–Crippen MR) is 73.5 cm³/mol. The third-order valence-corrected chi connectivity index (χ3v) is 3.26. The van der Waals surface area contributed by atoms with E-state index in [2.05, 4.69) is 15.3 Å². The molecule has 3 heterocycles. The fourth-order valence-electron chi connectivity index (χ4n) is 2.02. The summed E-state index contributed by atoms with van der Waals surface area (Å²) in [6.45, 7) is 1.24. The molecule has 0 aliphatic rings. The molecule has 0 saturated carbocycles. The van der Waals surface area contributed by atoms with Crippen LogP contribution in [0.25, 0.3) is 16.9 Å². The van der Waals surface area contributed by atoms with Crippen molar-refractivity contribution in [3.63, 3.8) is 0 Å². The van der Waals surface area contributed by atoms with Crippen LogP contribution in [0.15, 0.2) is 30.6 Å². The second-order valence-electron chi connectivity index (χ2n) is 4.09. The van der Waals surface area contributed by atoms with Crippen LogP contribution in [0.5, 0.6) is 0 Å². The molecular formula is C12H13N5OS. The van der Waals surface area contributed by atoms with Gasteiger partial charge in [-0.3, -0.25) is 9.67 Å². The number of H-pyrrole nitrogens is 1. The number of methoxy groups -OCH3 is 1. The number of ether oxygens (including phenoxy) is 1. The number of hydrogen-bond donors (Lipinski definition) is 1. The Bertz CT molecular complexity index is 757. The number of hydrogen-bond acceptors (Lipinski definition) is 4. The lowest BCUT2D eigenvalue weighted by molar-refractivity contribution is 0.187. The number of nitrogens with zero attached hydrogens (tertiary/aromatic N) is 4. The first-order chi connectivity index (χ1) is 9.31. The van der Waals surface area contributed by atoms with Gasteiger partial charge in [0.15, 0.2) is 10.6 Å². The van der Waals surface area contributed by atoms with Crippen molar-refractivity contribution in [3.05, 3.63) is 35.4 Å². The first-order valence-electron chi connectivity index (χ1n) is 5.88. The number of fused-ring (bicyclic) bond motifs is 1. The minimum atomic E-state index is 0.583. The number of aromatic nitrogens is 5. The standard InChI is InChI=1S/C12H13N5OS/c1-18-7-6-16-11(14-15-12(16)19)9-8-13-17-5-3-2-4-10(9)17/h2-5,8H,6-7H2,1H3,(H,15,19). The van der Waals surface area contributed by atoms with E-state index >= 15 is 0 Å². The highest BCUT2D eigenvalue weighted by atomic mass is 32.1. The lowest BCUT2D eigenvalue weighted by atomic mass is 10.2. The largest absolute Gasteiger partial charge is 0.383 e. The van der Waals surface area contributed by atoms with Crippen LogP contribution < -0.4 is 0 Å². The zero-order valence-electron chi connectivity index (χ0n) is 10.4. The van der Waals surface area contributed by atoms with E-state index in [-0.39, 0.29) is 0 Å². The first kappa shape index (κ1) is 12.1. The van der Waals surface area contributed by atoms with Crippen molar-refractivity contribution in [1.82, 2.24) is 24.4 Å². The molecular weight excluding hydrogens is 262 g/mol. The third kappa shape index (κ3) is 2.06. The number of rotatable bonds is 4. The minimum absolute atomic E-state index is 0.583. The second kappa shape index (κ2) is 4.94. The number of nitrogens with one attached hydrogen (secondary N) is 1. The van der Waals surface area contributed by atoms with Gasteiger partial charge < -0.3 is 4.74 Å². The SMILES string of the molecule is COCCn1c(-c2cnn3ccccc23)n[nH]c1=S. The Kier molecular flexibility index (Phi) is 3.14. The van der Waals surface area contributed by atoms with Crippen molar-refractivity contribution in [1.29, 1.82) is 0 Å². The lowest BCUT2D eigenvalue weighted by Gasteiger charge is -2.04. The van der Waals surface area contributed by atoms with Crippen LogP contribution in [-0.4, -0.2) is 38.1 Å². The molecule has 3 rings (SSSR count). The minimum Gasteiger partial charge on any atom is -0.383 e. The fourth-order valence-corrected chi connectivity index (χ4v) is 2.24. The number of pyridine rings is 1. The van der Waals surface area contributed by atoms with E-state index in [0.29, 0.717) is 17.9 Å². The molecule has 7 heteroatoms. The Morgan fingerprint density at radius 2 is 2.32 bits per heavy atom. The monoisotopic (exact) mass is 275 g/mol. The summed E-state index contributed by atoms with van der Waals surface area (Å²) < 4.78 is 9.42. The van der Waals surface area contributed by atoms with Gasteiger partial charge in [-0.15, -0.1) is 0 Å². The van der Waals surface area contributed by atoms with Crippen LogP contribution in [-0.2, 0) is 11.3 Å². The molecule has 0 aromatic carbocycles. The molecule has 1 N–H and O–H groups in total. The Morgan fingerprint density at radius 1 is 1.42 bits per heavy atom. The molecule has 6 nitrogen and oxygen atoms in total. The highest BCUT2D eigenvalue weighted by Gasteiger charge is 2.13. The van der Waals surface area contributed by atoms with E-state index < -0.39 is 0 Å². The lowest BCUT2D eigenvalue weighted by Crippen LogP contribution is -2.06. The average molecular weight is 275 g/mol. The van der Waals surface area contributed by atoms with Gasteiger partial charge in [0.25, 0.3) is 0 Å². The summed E-state index contributed by atoms with van der Waals surface area (Å²) in [6, 6.07) is 5.91. The molecule has 0 amide bonds. The van der Waals surface area contributed by atoms with Crippen LogP contribution in [0.1, 0.15) is 0 Å². The Morgan fingerprint density at radius 3 is 3.16 bits per heavy atom. The Hall–Kier alpha value is -1.99. The summed E-state index contributed by atoms with van der Waals surface area (Å²) in [6.07, 6.45) is 3.70. The second-order valence-corrected chi connectivity index (χ2v) is 4.47. The van der Waals surface area contributed by atoms with Crippen LogP contribution in [0.4, 0.5) is 0 Å². The smallest absolute Gasteiger partial charge is 0.195 e. The summed E-state index contributed by atoms with van der Waals surface area (Å²) in [5, 5.41) is 11.4. The summed E-state index contributed by atoms with van der Waals surface area (Å²) in [7, 11) is 1.67. The molecule has 0 spiro atoms. The van der Waals surface area contributed by atoms with E-state index in [1.54, 1.807) is 13.3 Å². The first-order valence-corrected chi connectivity index (χ1v) is 6.29. The zero-order chi connectivity index (χ0) is 13.2. The fraction of sp³-hybridized carbons (Fsp3) is 0.250. The van der Waals surface area contributed by atoms with Crippen molar-refractivity contribution in [3.8, 4) is 11.4 Å². The molecule has 0 aliphatic carbocycles. The van der Waals surface area contributed by atoms with Crippen molar-refractivity contribution in [2.45, 2.75) is 6.54 Å².